The predicted octanol–water partition coefficient (Wildman–Crippen LogP) is 1.83. The van der Waals surface area contributed by atoms with Gasteiger partial charge in [-0.2, -0.15) is 0 Å². The molecular weight excluding hydrogens is 264 g/mol. The van der Waals surface area contributed by atoms with Crippen LogP contribution in [-0.2, 0) is 9.53 Å². The summed E-state index contributed by atoms with van der Waals surface area (Å²) in [7, 11) is 1.88. The molecule has 3 rings (SSSR count). The van der Waals surface area contributed by atoms with Gasteiger partial charge >= 0.3 is 5.97 Å². The van der Waals surface area contributed by atoms with Crippen LogP contribution in [0.25, 0.3) is 10.1 Å². The van der Waals surface area contributed by atoms with Crippen molar-refractivity contribution in [2.24, 2.45) is 5.92 Å². The lowest BCUT2D eigenvalue weighted by Gasteiger charge is -2.27. The van der Waals surface area contributed by atoms with E-state index in [0.717, 1.165) is 15.9 Å². The summed E-state index contributed by atoms with van der Waals surface area (Å²) in [6.45, 7) is 0.694. The van der Waals surface area contributed by atoms with Crippen molar-refractivity contribution in [3.05, 3.63) is 23.7 Å². The van der Waals surface area contributed by atoms with Gasteiger partial charge in [-0.3, -0.25) is 4.79 Å². The molecule has 5 nitrogen and oxygen atoms in total. The first-order chi connectivity index (χ1) is 9.18. The number of nitrogens with zero attached hydrogens (tertiary/aromatic N) is 2. The number of carboxylic acid groups (broad SMARTS) is 1. The number of carbonyl (C=O) groups is 1. The fourth-order valence-corrected chi connectivity index (χ4v) is 3.26. The first kappa shape index (κ1) is 12.4. The SMILES string of the molecule is CN(c1nccc2sccc12)C1COCC1C(=O)O. The van der Waals surface area contributed by atoms with Crippen LogP contribution < -0.4 is 4.90 Å². The van der Waals surface area contributed by atoms with Crippen LogP contribution in [0.5, 0.6) is 0 Å². The number of likely N-dealkylation sites (N-methyl/N-ethyl adjacent to an activating group) is 1. The first-order valence-corrected chi connectivity index (χ1v) is 6.92. The Balaban J connectivity index is 1.97. The molecule has 3 heterocycles. The van der Waals surface area contributed by atoms with Crippen LogP contribution in [0.4, 0.5) is 5.82 Å². The van der Waals surface area contributed by atoms with E-state index in [-0.39, 0.29) is 12.6 Å². The summed E-state index contributed by atoms with van der Waals surface area (Å²) >= 11 is 1.65. The summed E-state index contributed by atoms with van der Waals surface area (Å²) in [6, 6.07) is 3.82. The molecule has 0 aromatic carbocycles. The zero-order chi connectivity index (χ0) is 13.4. The molecule has 0 spiro atoms. The summed E-state index contributed by atoms with van der Waals surface area (Å²) in [5.74, 6) is -0.493. The van der Waals surface area contributed by atoms with E-state index in [4.69, 9.17) is 4.74 Å². The number of anilines is 1. The smallest absolute Gasteiger partial charge is 0.311 e. The van der Waals surface area contributed by atoms with Crippen molar-refractivity contribution in [3.8, 4) is 0 Å². The molecule has 1 N–H and O–H groups in total. The average molecular weight is 278 g/mol. The molecule has 0 radical (unpaired) electrons. The van der Waals surface area contributed by atoms with E-state index in [9.17, 15) is 9.90 Å². The van der Waals surface area contributed by atoms with Crippen molar-refractivity contribution in [2.75, 3.05) is 25.2 Å². The number of rotatable bonds is 3. The van der Waals surface area contributed by atoms with Crippen LogP contribution in [0.3, 0.4) is 0 Å². The quantitative estimate of drug-likeness (QED) is 0.928. The minimum absolute atomic E-state index is 0.171. The van der Waals surface area contributed by atoms with Gasteiger partial charge in [0.15, 0.2) is 0 Å². The molecule has 1 fully saturated rings. The van der Waals surface area contributed by atoms with Crippen LogP contribution in [0.15, 0.2) is 23.7 Å². The third kappa shape index (κ3) is 2.06. The lowest BCUT2D eigenvalue weighted by molar-refractivity contribution is -0.141. The normalized spacial score (nSPS) is 22.8. The number of hydrogen-bond acceptors (Lipinski definition) is 5. The van der Waals surface area contributed by atoms with Crippen LogP contribution in [0.2, 0.25) is 0 Å². The highest BCUT2D eigenvalue weighted by Crippen LogP contribution is 2.31. The van der Waals surface area contributed by atoms with Crippen molar-refractivity contribution in [1.82, 2.24) is 4.98 Å². The molecule has 2 aromatic heterocycles. The number of thiophene rings is 1. The Morgan fingerprint density at radius 1 is 1.53 bits per heavy atom. The molecule has 100 valence electrons. The van der Waals surface area contributed by atoms with Gasteiger partial charge in [0.2, 0.25) is 0 Å². The summed E-state index contributed by atoms with van der Waals surface area (Å²) in [6.07, 6.45) is 1.76. The number of carboxylic acids is 1. The molecule has 6 heteroatoms. The summed E-state index contributed by atoms with van der Waals surface area (Å²) in [5.41, 5.74) is 0. The number of hydrogen-bond donors (Lipinski definition) is 1. The Bertz CT molecular complexity index is 613. The minimum Gasteiger partial charge on any atom is -0.481 e. The standard InChI is InChI=1S/C13H14N2O3S/c1-15(10-7-18-6-9(10)13(16)17)12-8-3-5-19-11(8)2-4-14-12/h2-5,9-10H,6-7H2,1H3,(H,16,17). The highest BCUT2D eigenvalue weighted by Gasteiger charge is 2.37. The van der Waals surface area contributed by atoms with E-state index in [2.05, 4.69) is 4.98 Å². The van der Waals surface area contributed by atoms with E-state index < -0.39 is 11.9 Å². The minimum atomic E-state index is -0.813. The maximum atomic E-state index is 11.2. The average Bonchev–Trinajstić information content (AvgIpc) is 3.05. The van der Waals surface area contributed by atoms with Crippen molar-refractivity contribution in [3.63, 3.8) is 0 Å². The van der Waals surface area contributed by atoms with Crippen molar-refractivity contribution < 1.29 is 14.6 Å². The molecule has 2 aromatic rings. The molecule has 0 bridgehead atoms. The molecule has 1 aliphatic rings. The monoisotopic (exact) mass is 278 g/mol. The Hall–Kier alpha value is -1.66. The second-order valence-corrected chi connectivity index (χ2v) is 5.58. The number of aliphatic carboxylic acids is 1. The van der Waals surface area contributed by atoms with Crippen LogP contribution in [0.1, 0.15) is 0 Å². The van der Waals surface area contributed by atoms with Gasteiger partial charge in [0.05, 0.1) is 19.3 Å². The summed E-state index contributed by atoms with van der Waals surface area (Å²) in [4.78, 5) is 17.6. The third-order valence-corrected chi connectivity index (χ3v) is 4.44. The Labute approximate surface area is 114 Å². The van der Waals surface area contributed by atoms with Gasteiger partial charge in [-0.05, 0) is 17.5 Å². The predicted molar refractivity (Wildman–Crippen MR) is 73.8 cm³/mol. The fourth-order valence-electron chi connectivity index (χ4n) is 2.48. The van der Waals surface area contributed by atoms with E-state index in [1.165, 1.54) is 0 Å². The number of pyridine rings is 1. The zero-order valence-electron chi connectivity index (χ0n) is 10.4. The van der Waals surface area contributed by atoms with Crippen LogP contribution in [0, 0.1) is 5.92 Å². The van der Waals surface area contributed by atoms with Gasteiger partial charge in [0.1, 0.15) is 11.7 Å². The maximum Gasteiger partial charge on any atom is 0.311 e. The molecule has 0 amide bonds. The Kier molecular flexibility index (Phi) is 3.12. The number of aromatic nitrogens is 1. The lowest BCUT2D eigenvalue weighted by atomic mass is 10.0. The van der Waals surface area contributed by atoms with Gasteiger partial charge in [-0.25, -0.2) is 4.98 Å². The molecule has 19 heavy (non-hydrogen) atoms. The van der Waals surface area contributed by atoms with E-state index in [1.807, 2.05) is 29.5 Å². The second-order valence-electron chi connectivity index (χ2n) is 4.63. The highest BCUT2D eigenvalue weighted by molar-refractivity contribution is 7.17. The van der Waals surface area contributed by atoms with Crippen LogP contribution in [-0.4, -0.2) is 42.4 Å². The van der Waals surface area contributed by atoms with Gasteiger partial charge < -0.3 is 14.7 Å². The lowest BCUT2D eigenvalue weighted by Crippen LogP contribution is -2.41. The maximum absolute atomic E-state index is 11.2. The number of fused-ring (bicyclic) bond motifs is 1. The van der Waals surface area contributed by atoms with E-state index in [0.29, 0.717) is 6.61 Å². The molecule has 2 unspecified atom stereocenters. The summed E-state index contributed by atoms with van der Waals surface area (Å²) < 4.78 is 6.47. The molecule has 0 saturated carbocycles. The van der Waals surface area contributed by atoms with Gasteiger partial charge in [-0.1, -0.05) is 0 Å². The topological polar surface area (TPSA) is 62.7 Å². The zero-order valence-corrected chi connectivity index (χ0v) is 11.3. The highest BCUT2D eigenvalue weighted by atomic mass is 32.1. The molecule has 1 saturated heterocycles. The second kappa shape index (κ2) is 4.79. The number of ether oxygens (including phenoxy) is 1. The fraction of sp³-hybridized carbons (Fsp3) is 0.385. The van der Waals surface area contributed by atoms with E-state index in [1.54, 1.807) is 17.5 Å². The molecule has 2 atom stereocenters. The largest absolute Gasteiger partial charge is 0.481 e. The van der Waals surface area contributed by atoms with Gasteiger partial charge in [0, 0.05) is 23.3 Å². The Morgan fingerprint density at radius 2 is 2.37 bits per heavy atom. The Morgan fingerprint density at radius 3 is 3.16 bits per heavy atom. The van der Waals surface area contributed by atoms with Gasteiger partial charge in [0.25, 0.3) is 0 Å². The van der Waals surface area contributed by atoms with Gasteiger partial charge in [-0.15, -0.1) is 11.3 Å². The first-order valence-electron chi connectivity index (χ1n) is 6.04. The van der Waals surface area contributed by atoms with E-state index >= 15 is 0 Å². The third-order valence-electron chi connectivity index (χ3n) is 3.56. The van der Waals surface area contributed by atoms with Crippen molar-refractivity contribution in [1.29, 1.82) is 0 Å². The van der Waals surface area contributed by atoms with Crippen molar-refractivity contribution in [2.45, 2.75) is 6.04 Å². The molecule has 0 aliphatic carbocycles. The molecular formula is C13H14N2O3S. The van der Waals surface area contributed by atoms with Crippen molar-refractivity contribution >= 4 is 33.2 Å². The van der Waals surface area contributed by atoms with Crippen LogP contribution >= 0.6 is 11.3 Å². The summed E-state index contributed by atoms with van der Waals surface area (Å²) in [5, 5.41) is 12.3. The molecule has 1 aliphatic heterocycles.